The Kier molecular flexibility index (Phi) is 2.70. The van der Waals surface area contributed by atoms with E-state index >= 15 is 0 Å². The highest BCUT2D eigenvalue weighted by molar-refractivity contribution is 5.64. The van der Waals surface area contributed by atoms with Crippen LogP contribution < -0.4 is 10.6 Å². The van der Waals surface area contributed by atoms with Crippen molar-refractivity contribution < 1.29 is 0 Å². The predicted molar refractivity (Wildman–Crippen MR) is 73.7 cm³/mol. The highest BCUT2D eigenvalue weighted by Gasteiger charge is 2.19. The summed E-state index contributed by atoms with van der Waals surface area (Å²) in [4.78, 5) is 6.77. The maximum atomic E-state index is 5.86. The molecule has 1 aliphatic heterocycles. The van der Waals surface area contributed by atoms with Crippen LogP contribution in [0.3, 0.4) is 0 Å². The first-order valence-corrected chi connectivity index (χ1v) is 6.33. The van der Waals surface area contributed by atoms with Crippen molar-refractivity contribution in [1.29, 1.82) is 0 Å². The number of hydrogen-bond donors (Lipinski definition) is 1. The zero-order valence-corrected chi connectivity index (χ0v) is 10.6. The van der Waals surface area contributed by atoms with Crippen molar-refractivity contribution in [2.75, 3.05) is 23.7 Å². The van der Waals surface area contributed by atoms with Crippen LogP contribution in [0.2, 0.25) is 0 Å². The first-order valence-electron chi connectivity index (χ1n) is 6.33. The van der Waals surface area contributed by atoms with E-state index in [0.29, 0.717) is 0 Å². The van der Waals surface area contributed by atoms with Crippen molar-refractivity contribution in [2.45, 2.75) is 12.8 Å². The van der Waals surface area contributed by atoms with Crippen LogP contribution in [0.25, 0.3) is 0 Å². The van der Waals surface area contributed by atoms with E-state index in [4.69, 9.17) is 5.73 Å². The van der Waals surface area contributed by atoms with Gasteiger partial charge in [0.2, 0.25) is 0 Å². The van der Waals surface area contributed by atoms with Gasteiger partial charge in [0.15, 0.2) is 0 Å². The summed E-state index contributed by atoms with van der Waals surface area (Å²) in [6.45, 7) is 2.09. The summed E-state index contributed by atoms with van der Waals surface area (Å²) in [6, 6.07) is 6.22. The Morgan fingerprint density at radius 1 is 1.39 bits per heavy atom. The second-order valence-electron chi connectivity index (χ2n) is 4.83. The molecule has 4 heteroatoms. The molecule has 2 N–H and O–H groups in total. The van der Waals surface area contributed by atoms with E-state index in [2.05, 4.69) is 26.6 Å². The molecule has 1 aromatic heterocycles. The SMILES string of the molecule is Cn1ccnc1CCN1CCc2ccc(N)cc21. The molecule has 18 heavy (non-hydrogen) atoms. The minimum Gasteiger partial charge on any atom is -0.399 e. The van der Waals surface area contributed by atoms with E-state index < -0.39 is 0 Å². The van der Waals surface area contributed by atoms with Crippen molar-refractivity contribution in [3.63, 3.8) is 0 Å². The van der Waals surface area contributed by atoms with Crippen molar-refractivity contribution in [2.24, 2.45) is 7.05 Å². The van der Waals surface area contributed by atoms with Gasteiger partial charge in [-0.1, -0.05) is 6.07 Å². The molecule has 0 atom stereocenters. The molecule has 1 aromatic carbocycles. The zero-order valence-electron chi connectivity index (χ0n) is 10.6. The third-order valence-electron chi connectivity index (χ3n) is 3.63. The van der Waals surface area contributed by atoms with E-state index in [1.807, 2.05) is 25.5 Å². The lowest BCUT2D eigenvalue weighted by atomic mass is 10.1. The summed E-state index contributed by atoms with van der Waals surface area (Å²) in [7, 11) is 2.04. The van der Waals surface area contributed by atoms with Gasteiger partial charge in [-0.2, -0.15) is 0 Å². The second kappa shape index (κ2) is 4.37. The third kappa shape index (κ3) is 1.94. The molecule has 0 fully saturated rings. The van der Waals surface area contributed by atoms with Gasteiger partial charge in [0, 0.05) is 50.3 Å². The van der Waals surface area contributed by atoms with Crippen LogP contribution in [-0.2, 0) is 19.9 Å². The molecule has 0 bridgehead atoms. The number of imidazole rings is 1. The number of benzene rings is 1. The molecule has 0 saturated heterocycles. The lowest BCUT2D eigenvalue weighted by Crippen LogP contribution is -2.24. The fraction of sp³-hybridized carbons (Fsp3) is 0.357. The molecule has 2 aromatic rings. The van der Waals surface area contributed by atoms with Crippen LogP contribution in [0.15, 0.2) is 30.6 Å². The van der Waals surface area contributed by atoms with Gasteiger partial charge in [-0.25, -0.2) is 4.98 Å². The number of nitrogen functional groups attached to an aromatic ring is 1. The Hall–Kier alpha value is -1.97. The van der Waals surface area contributed by atoms with Crippen molar-refractivity contribution in [3.8, 4) is 0 Å². The summed E-state index contributed by atoms with van der Waals surface area (Å²) in [6.07, 6.45) is 5.93. The molecule has 3 rings (SSSR count). The number of hydrogen-bond acceptors (Lipinski definition) is 3. The fourth-order valence-corrected chi connectivity index (χ4v) is 2.57. The minimum atomic E-state index is 0.845. The van der Waals surface area contributed by atoms with Gasteiger partial charge in [0.25, 0.3) is 0 Å². The lowest BCUT2D eigenvalue weighted by Gasteiger charge is -2.19. The van der Waals surface area contributed by atoms with Crippen LogP contribution in [0, 0.1) is 0 Å². The number of nitrogens with two attached hydrogens (primary N) is 1. The van der Waals surface area contributed by atoms with Crippen LogP contribution in [0.4, 0.5) is 11.4 Å². The number of aromatic nitrogens is 2. The van der Waals surface area contributed by atoms with E-state index in [1.165, 1.54) is 11.3 Å². The molecule has 0 spiro atoms. The van der Waals surface area contributed by atoms with E-state index in [0.717, 1.165) is 37.4 Å². The smallest absolute Gasteiger partial charge is 0.110 e. The fourth-order valence-electron chi connectivity index (χ4n) is 2.57. The van der Waals surface area contributed by atoms with Gasteiger partial charge in [-0.15, -0.1) is 0 Å². The Balaban J connectivity index is 1.73. The topological polar surface area (TPSA) is 47.1 Å². The molecule has 94 valence electrons. The van der Waals surface area contributed by atoms with Crippen LogP contribution in [-0.4, -0.2) is 22.6 Å². The van der Waals surface area contributed by atoms with Gasteiger partial charge in [0.05, 0.1) is 0 Å². The molecule has 4 nitrogen and oxygen atoms in total. The first-order chi connectivity index (χ1) is 8.74. The number of aryl methyl sites for hydroxylation is 1. The zero-order chi connectivity index (χ0) is 12.5. The maximum Gasteiger partial charge on any atom is 0.110 e. The van der Waals surface area contributed by atoms with E-state index in [1.54, 1.807) is 0 Å². The monoisotopic (exact) mass is 242 g/mol. The number of fused-ring (bicyclic) bond motifs is 1. The largest absolute Gasteiger partial charge is 0.399 e. The molecule has 1 aliphatic rings. The highest BCUT2D eigenvalue weighted by Crippen LogP contribution is 2.29. The summed E-state index contributed by atoms with van der Waals surface area (Å²) in [5.74, 6) is 1.13. The molecule has 0 aliphatic carbocycles. The van der Waals surface area contributed by atoms with Gasteiger partial charge >= 0.3 is 0 Å². The summed E-state index contributed by atoms with van der Waals surface area (Å²) >= 11 is 0. The molecule has 0 amide bonds. The Bertz CT molecular complexity index is 559. The predicted octanol–water partition coefficient (Wildman–Crippen LogP) is 1.61. The normalized spacial score (nSPS) is 13.9. The Morgan fingerprint density at radius 2 is 2.28 bits per heavy atom. The quantitative estimate of drug-likeness (QED) is 0.832. The number of rotatable bonds is 3. The van der Waals surface area contributed by atoms with Gasteiger partial charge in [-0.05, 0) is 24.1 Å². The molecule has 0 radical (unpaired) electrons. The van der Waals surface area contributed by atoms with Gasteiger partial charge in [0.1, 0.15) is 5.82 Å². The Morgan fingerprint density at radius 3 is 3.06 bits per heavy atom. The summed E-state index contributed by atoms with van der Waals surface area (Å²) in [5.41, 5.74) is 9.41. The van der Waals surface area contributed by atoms with Gasteiger partial charge in [-0.3, -0.25) is 0 Å². The first kappa shape index (κ1) is 11.1. The second-order valence-corrected chi connectivity index (χ2v) is 4.83. The van der Waals surface area contributed by atoms with E-state index in [-0.39, 0.29) is 0 Å². The average molecular weight is 242 g/mol. The maximum absolute atomic E-state index is 5.86. The summed E-state index contributed by atoms with van der Waals surface area (Å²) in [5, 5.41) is 0. The standard InChI is InChI=1S/C14H18N4/c1-17-9-6-16-14(17)5-8-18-7-4-11-2-3-12(15)10-13(11)18/h2-3,6,9-10H,4-5,7-8,15H2,1H3. The molecular weight excluding hydrogens is 224 g/mol. The average Bonchev–Trinajstić information content (AvgIpc) is 2.93. The summed E-state index contributed by atoms with van der Waals surface area (Å²) < 4.78 is 2.08. The van der Waals surface area contributed by atoms with Crippen LogP contribution in [0.1, 0.15) is 11.4 Å². The van der Waals surface area contributed by atoms with E-state index in [9.17, 15) is 0 Å². The van der Waals surface area contributed by atoms with Crippen LogP contribution in [0.5, 0.6) is 0 Å². The Labute approximate surface area is 107 Å². The number of anilines is 2. The molecular formula is C14H18N4. The number of nitrogens with zero attached hydrogens (tertiary/aromatic N) is 3. The van der Waals surface area contributed by atoms with Crippen molar-refractivity contribution in [3.05, 3.63) is 42.0 Å². The minimum absolute atomic E-state index is 0.845. The molecule has 0 unspecified atom stereocenters. The van der Waals surface area contributed by atoms with Crippen LogP contribution >= 0.6 is 0 Å². The highest BCUT2D eigenvalue weighted by atomic mass is 15.2. The molecule has 0 saturated carbocycles. The lowest BCUT2D eigenvalue weighted by molar-refractivity contribution is 0.737. The van der Waals surface area contributed by atoms with Crippen molar-refractivity contribution in [1.82, 2.24) is 9.55 Å². The molecule has 2 heterocycles. The van der Waals surface area contributed by atoms with Crippen molar-refractivity contribution >= 4 is 11.4 Å². The van der Waals surface area contributed by atoms with Gasteiger partial charge < -0.3 is 15.2 Å². The third-order valence-corrected chi connectivity index (χ3v) is 3.63.